The van der Waals surface area contributed by atoms with E-state index in [4.69, 9.17) is 0 Å². The number of carbonyl (C=O) groups is 1. The number of carbonyl (C=O) groups excluding carboxylic acids is 1. The smallest absolute Gasteiger partial charge is 0.142 e. The number of Topliss-reactive ketones (excluding diaryl/α,β-unsaturated/α-hetero) is 1. The summed E-state index contributed by atoms with van der Waals surface area (Å²) in [6.45, 7) is 2.16. The van der Waals surface area contributed by atoms with Crippen molar-refractivity contribution in [3.8, 4) is 0 Å². The van der Waals surface area contributed by atoms with Gasteiger partial charge in [0.15, 0.2) is 0 Å². The predicted molar refractivity (Wildman–Crippen MR) is 58.1 cm³/mol. The highest BCUT2D eigenvalue weighted by Crippen LogP contribution is 2.40. The highest BCUT2D eigenvalue weighted by atomic mass is 16.1. The molecule has 0 spiro atoms. The van der Waals surface area contributed by atoms with Gasteiger partial charge in [0.1, 0.15) is 5.78 Å². The minimum atomic E-state index is 0.0312. The molecular formula is C13H20O. The first kappa shape index (κ1) is 9.95. The second-order valence-corrected chi connectivity index (χ2v) is 5.12. The molecule has 0 N–H and O–H groups in total. The molecule has 1 nitrogen and oxygen atoms in total. The maximum Gasteiger partial charge on any atom is 0.142 e. The van der Waals surface area contributed by atoms with Gasteiger partial charge in [-0.1, -0.05) is 31.4 Å². The van der Waals surface area contributed by atoms with Crippen molar-refractivity contribution in [3.05, 3.63) is 11.6 Å². The van der Waals surface area contributed by atoms with Gasteiger partial charge in [0, 0.05) is 11.8 Å². The first-order chi connectivity index (χ1) is 6.71. The van der Waals surface area contributed by atoms with Gasteiger partial charge in [-0.3, -0.25) is 4.79 Å². The second-order valence-electron chi connectivity index (χ2n) is 5.12. The minimum absolute atomic E-state index is 0.0312. The molecule has 0 heterocycles. The molecule has 0 unspecified atom stereocenters. The van der Waals surface area contributed by atoms with Crippen LogP contribution >= 0.6 is 0 Å². The quantitative estimate of drug-likeness (QED) is 0.624. The monoisotopic (exact) mass is 192 g/mol. The molecule has 2 rings (SSSR count). The molecule has 0 aromatic carbocycles. The summed E-state index contributed by atoms with van der Waals surface area (Å²) < 4.78 is 0. The first-order valence-corrected chi connectivity index (χ1v) is 5.92. The Bertz CT molecular complexity index is 256. The lowest BCUT2D eigenvalue weighted by atomic mass is 9.81. The van der Waals surface area contributed by atoms with E-state index >= 15 is 0 Å². The van der Waals surface area contributed by atoms with E-state index in [0.717, 1.165) is 19.3 Å². The van der Waals surface area contributed by atoms with Crippen molar-refractivity contribution in [1.82, 2.24) is 0 Å². The van der Waals surface area contributed by atoms with Gasteiger partial charge in [-0.2, -0.15) is 0 Å². The van der Waals surface area contributed by atoms with Crippen LogP contribution in [0.3, 0.4) is 0 Å². The van der Waals surface area contributed by atoms with Crippen LogP contribution < -0.4 is 0 Å². The van der Waals surface area contributed by atoms with Crippen molar-refractivity contribution in [2.24, 2.45) is 5.41 Å². The van der Waals surface area contributed by atoms with Gasteiger partial charge in [0.05, 0.1) is 0 Å². The maximum absolute atomic E-state index is 12.1. The van der Waals surface area contributed by atoms with Crippen LogP contribution in [0.15, 0.2) is 11.6 Å². The molecule has 1 heteroatoms. The molecule has 2 aliphatic rings. The van der Waals surface area contributed by atoms with E-state index < -0.39 is 0 Å². The Morgan fingerprint density at radius 2 is 2.07 bits per heavy atom. The highest BCUT2D eigenvalue weighted by molar-refractivity contribution is 5.86. The Labute approximate surface area is 86.6 Å². The van der Waals surface area contributed by atoms with E-state index in [2.05, 4.69) is 13.0 Å². The topological polar surface area (TPSA) is 17.1 Å². The average molecular weight is 192 g/mol. The summed E-state index contributed by atoms with van der Waals surface area (Å²) in [6, 6.07) is 0. The number of rotatable bonds is 3. The number of hydrogen-bond donors (Lipinski definition) is 0. The van der Waals surface area contributed by atoms with E-state index in [1.165, 1.54) is 37.7 Å². The summed E-state index contributed by atoms with van der Waals surface area (Å²) >= 11 is 0. The van der Waals surface area contributed by atoms with Crippen molar-refractivity contribution in [3.63, 3.8) is 0 Å². The van der Waals surface area contributed by atoms with Crippen molar-refractivity contribution in [1.29, 1.82) is 0 Å². The Kier molecular flexibility index (Phi) is 2.76. The minimum Gasteiger partial charge on any atom is -0.299 e. The second kappa shape index (κ2) is 3.88. The molecule has 0 radical (unpaired) electrons. The van der Waals surface area contributed by atoms with Crippen molar-refractivity contribution < 1.29 is 4.79 Å². The fraction of sp³-hybridized carbons (Fsp3) is 0.769. The van der Waals surface area contributed by atoms with Gasteiger partial charge in [-0.25, -0.2) is 0 Å². The molecule has 0 aromatic heterocycles. The number of allylic oxidation sites excluding steroid dienone is 2. The highest BCUT2D eigenvalue weighted by Gasteiger charge is 2.35. The summed E-state index contributed by atoms with van der Waals surface area (Å²) in [6.07, 6.45) is 11.4. The number of ketones is 1. The van der Waals surface area contributed by atoms with E-state index in [0.29, 0.717) is 5.78 Å². The SMILES string of the molecule is CC1(C(=O)CC2=CCCC2)CCCC1. The molecule has 1 fully saturated rings. The molecule has 0 amide bonds. The lowest BCUT2D eigenvalue weighted by Crippen LogP contribution is -2.24. The normalized spacial score (nSPS) is 25.1. The summed E-state index contributed by atoms with van der Waals surface area (Å²) in [5, 5.41) is 0. The molecular weight excluding hydrogens is 172 g/mol. The molecule has 0 aromatic rings. The molecule has 78 valence electrons. The zero-order valence-corrected chi connectivity index (χ0v) is 9.14. The molecule has 14 heavy (non-hydrogen) atoms. The van der Waals surface area contributed by atoms with Crippen LogP contribution in [-0.4, -0.2) is 5.78 Å². The fourth-order valence-corrected chi connectivity index (χ4v) is 2.75. The number of hydrogen-bond acceptors (Lipinski definition) is 1. The Morgan fingerprint density at radius 1 is 1.36 bits per heavy atom. The average Bonchev–Trinajstić information content (AvgIpc) is 2.76. The van der Waals surface area contributed by atoms with E-state index in [1.807, 2.05) is 0 Å². The van der Waals surface area contributed by atoms with Gasteiger partial charge < -0.3 is 0 Å². The predicted octanol–water partition coefficient (Wildman–Crippen LogP) is 3.64. The van der Waals surface area contributed by atoms with Gasteiger partial charge in [0.2, 0.25) is 0 Å². The van der Waals surface area contributed by atoms with Crippen LogP contribution in [-0.2, 0) is 4.79 Å². The van der Waals surface area contributed by atoms with E-state index in [9.17, 15) is 4.79 Å². The van der Waals surface area contributed by atoms with Crippen molar-refractivity contribution in [2.45, 2.75) is 58.3 Å². The van der Waals surface area contributed by atoms with Gasteiger partial charge in [0.25, 0.3) is 0 Å². The Balaban J connectivity index is 1.94. The van der Waals surface area contributed by atoms with Crippen LogP contribution in [0.25, 0.3) is 0 Å². The zero-order valence-electron chi connectivity index (χ0n) is 9.14. The maximum atomic E-state index is 12.1. The third kappa shape index (κ3) is 1.92. The lowest BCUT2D eigenvalue weighted by molar-refractivity contribution is -0.126. The summed E-state index contributed by atoms with van der Waals surface area (Å²) in [7, 11) is 0. The summed E-state index contributed by atoms with van der Waals surface area (Å²) in [5.41, 5.74) is 1.44. The Hall–Kier alpha value is -0.590. The fourth-order valence-electron chi connectivity index (χ4n) is 2.75. The van der Waals surface area contributed by atoms with E-state index in [-0.39, 0.29) is 5.41 Å². The van der Waals surface area contributed by atoms with Gasteiger partial charge in [-0.15, -0.1) is 0 Å². The third-order valence-electron chi connectivity index (χ3n) is 3.90. The largest absolute Gasteiger partial charge is 0.299 e. The van der Waals surface area contributed by atoms with Crippen LogP contribution in [0.2, 0.25) is 0 Å². The first-order valence-electron chi connectivity index (χ1n) is 5.92. The van der Waals surface area contributed by atoms with Crippen molar-refractivity contribution >= 4 is 5.78 Å². The lowest BCUT2D eigenvalue weighted by Gasteiger charge is -2.21. The summed E-state index contributed by atoms with van der Waals surface area (Å²) in [4.78, 5) is 12.1. The Morgan fingerprint density at radius 3 is 2.64 bits per heavy atom. The molecule has 0 aliphatic heterocycles. The van der Waals surface area contributed by atoms with Crippen LogP contribution in [0.1, 0.15) is 58.3 Å². The standard InChI is InChI=1S/C13H20O/c1-13(8-4-5-9-13)12(14)10-11-6-2-3-7-11/h6H,2-5,7-10H2,1H3. The molecule has 0 bridgehead atoms. The molecule has 1 saturated carbocycles. The third-order valence-corrected chi connectivity index (χ3v) is 3.90. The molecule has 0 atom stereocenters. The summed E-state index contributed by atoms with van der Waals surface area (Å²) in [5.74, 6) is 0.503. The van der Waals surface area contributed by atoms with Gasteiger partial charge in [-0.05, 0) is 32.1 Å². The van der Waals surface area contributed by atoms with Crippen LogP contribution in [0, 0.1) is 5.41 Å². The van der Waals surface area contributed by atoms with E-state index in [1.54, 1.807) is 0 Å². The molecule has 0 saturated heterocycles. The van der Waals surface area contributed by atoms with Gasteiger partial charge >= 0.3 is 0 Å². The van der Waals surface area contributed by atoms with Crippen LogP contribution in [0.5, 0.6) is 0 Å². The van der Waals surface area contributed by atoms with Crippen LogP contribution in [0.4, 0.5) is 0 Å². The van der Waals surface area contributed by atoms with Crippen molar-refractivity contribution in [2.75, 3.05) is 0 Å². The molecule has 2 aliphatic carbocycles. The zero-order chi connectivity index (χ0) is 10.0.